The summed E-state index contributed by atoms with van der Waals surface area (Å²) in [5, 5.41) is 0.560. The Morgan fingerprint density at radius 3 is 2.53 bits per heavy atom. The minimum Gasteiger partial charge on any atom is -0.422 e. The molecule has 0 unspecified atom stereocenters. The SMILES string of the molecule is Cc1cc(C)c2c(=O)oc(-c3ccccc3)cc2n1. The van der Waals surface area contributed by atoms with Crippen molar-refractivity contribution in [2.75, 3.05) is 0 Å². The fourth-order valence-corrected chi connectivity index (χ4v) is 2.28. The Morgan fingerprint density at radius 2 is 1.79 bits per heavy atom. The maximum absolute atomic E-state index is 12.1. The van der Waals surface area contributed by atoms with Crippen LogP contribution in [-0.2, 0) is 0 Å². The van der Waals surface area contributed by atoms with Gasteiger partial charge in [0.15, 0.2) is 0 Å². The average Bonchev–Trinajstić information content (AvgIpc) is 2.38. The van der Waals surface area contributed by atoms with Gasteiger partial charge in [-0.3, -0.25) is 4.98 Å². The molecule has 0 aliphatic carbocycles. The van der Waals surface area contributed by atoms with Crippen LogP contribution in [0.25, 0.3) is 22.2 Å². The molecule has 0 aliphatic rings. The molecular formula is C16H13NO2. The Hall–Kier alpha value is -2.42. The normalized spacial score (nSPS) is 10.8. The summed E-state index contributed by atoms with van der Waals surface area (Å²) < 4.78 is 5.40. The van der Waals surface area contributed by atoms with Crippen LogP contribution in [-0.4, -0.2) is 4.98 Å². The number of hydrogen-bond acceptors (Lipinski definition) is 3. The summed E-state index contributed by atoms with van der Waals surface area (Å²) in [6.07, 6.45) is 0. The molecule has 0 N–H and O–H groups in total. The van der Waals surface area contributed by atoms with Crippen LogP contribution < -0.4 is 5.63 Å². The van der Waals surface area contributed by atoms with Crippen molar-refractivity contribution >= 4 is 10.9 Å². The summed E-state index contributed by atoms with van der Waals surface area (Å²) in [6.45, 7) is 3.82. The quantitative estimate of drug-likeness (QED) is 0.665. The van der Waals surface area contributed by atoms with E-state index in [1.807, 2.05) is 56.3 Å². The smallest absolute Gasteiger partial charge is 0.346 e. The first-order chi connectivity index (χ1) is 9.15. The molecule has 3 aromatic rings. The van der Waals surface area contributed by atoms with Crippen molar-refractivity contribution < 1.29 is 4.42 Å². The Morgan fingerprint density at radius 1 is 1.05 bits per heavy atom. The van der Waals surface area contributed by atoms with Gasteiger partial charge in [0.1, 0.15) is 5.76 Å². The highest BCUT2D eigenvalue weighted by atomic mass is 16.4. The molecule has 3 rings (SSSR count). The topological polar surface area (TPSA) is 43.1 Å². The maximum Gasteiger partial charge on any atom is 0.346 e. The van der Waals surface area contributed by atoms with Crippen LogP contribution in [0.3, 0.4) is 0 Å². The van der Waals surface area contributed by atoms with Crippen molar-refractivity contribution in [1.82, 2.24) is 4.98 Å². The zero-order valence-corrected chi connectivity index (χ0v) is 10.8. The van der Waals surface area contributed by atoms with E-state index in [2.05, 4.69) is 4.98 Å². The molecule has 94 valence electrons. The van der Waals surface area contributed by atoms with E-state index in [1.165, 1.54) is 0 Å². The molecule has 1 aromatic carbocycles. The Balaban J connectivity index is 2.34. The van der Waals surface area contributed by atoms with Gasteiger partial charge in [-0.15, -0.1) is 0 Å². The van der Waals surface area contributed by atoms with E-state index in [4.69, 9.17) is 4.42 Å². The minimum atomic E-state index is -0.332. The number of rotatable bonds is 1. The molecule has 0 bridgehead atoms. The highest BCUT2D eigenvalue weighted by molar-refractivity contribution is 5.83. The first kappa shape index (κ1) is 11.7. The lowest BCUT2D eigenvalue weighted by atomic mass is 10.1. The maximum atomic E-state index is 12.1. The number of pyridine rings is 1. The van der Waals surface area contributed by atoms with Gasteiger partial charge in [0, 0.05) is 17.3 Å². The number of aromatic nitrogens is 1. The summed E-state index contributed by atoms with van der Waals surface area (Å²) in [4.78, 5) is 16.5. The molecule has 19 heavy (non-hydrogen) atoms. The van der Waals surface area contributed by atoms with Crippen LogP contribution in [0.1, 0.15) is 11.3 Å². The molecule has 2 aromatic heterocycles. The molecule has 3 nitrogen and oxygen atoms in total. The Bertz CT molecular complexity index is 804. The summed E-state index contributed by atoms with van der Waals surface area (Å²) >= 11 is 0. The van der Waals surface area contributed by atoms with Crippen LogP contribution >= 0.6 is 0 Å². The van der Waals surface area contributed by atoms with Crippen molar-refractivity contribution in [3.8, 4) is 11.3 Å². The fourth-order valence-electron chi connectivity index (χ4n) is 2.28. The molecule has 0 saturated carbocycles. The largest absolute Gasteiger partial charge is 0.422 e. The Kier molecular flexibility index (Phi) is 2.67. The Labute approximate surface area is 110 Å². The summed E-state index contributed by atoms with van der Waals surface area (Å²) in [5.74, 6) is 0.551. The summed E-state index contributed by atoms with van der Waals surface area (Å²) in [6, 6.07) is 13.3. The van der Waals surface area contributed by atoms with Gasteiger partial charge in [-0.2, -0.15) is 0 Å². The monoisotopic (exact) mass is 251 g/mol. The van der Waals surface area contributed by atoms with Gasteiger partial charge in [-0.05, 0) is 25.5 Å². The van der Waals surface area contributed by atoms with Crippen LogP contribution in [0.4, 0.5) is 0 Å². The minimum absolute atomic E-state index is 0.332. The average molecular weight is 251 g/mol. The van der Waals surface area contributed by atoms with Crippen LogP contribution in [0, 0.1) is 13.8 Å². The van der Waals surface area contributed by atoms with Gasteiger partial charge in [0.2, 0.25) is 0 Å². The van der Waals surface area contributed by atoms with Crippen molar-refractivity contribution in [1.29, 1.82) is 0 Å². The van der Waals surface area contributed by atoms with E-state index in [0.29, 0.717) is 16.7 Å². The fraction of sp³-hybridized carbons (Fsp3) is 0.125. The van der Waals surface area contributed by atoms with E-state index in [0.717, 1.165) is 16.8 Å². The molecule has 3 heteroatoms. The van der Waals surface area contributed by atoms with E-state index in [9.17, 15) is 4.79 Å². The third-order valence-electron chi connectivity index (χ3n) is 3.11. The van der Waals surface area contributed by atoms with Crippen LogP contribution in [0.15, 0.2) is 51.7 Å². The molecule has 0 fully saturated rings. The predicted molar refractivity (Wildman–Crippen MR) is 75.2 cm³/mol. The van der Waals surface area contributed by atoms with Gasteiger partial charge < -0.3 is 4.42 Å². The van der Waals surface area contributed by atoms with Crippen LogP contribution in [0.2, 0.25) is 0 Å². The molecule has 0 saturated heterocycles. The standard InChI is InChI=1S/C16H13NO2/c1-10-8-11(2)17-13-9-14(19-16(18)15(10)13)12-6-4-3-5-7-12/h3-9H,1-2H3. The predicted octanol–water partition coefficient (Wildman–Crippen LogP) is 3.47. The van der Waals surface area contributed by atoms with E-state index < -0.39 is 0 Å². The molecular weight excluding hydrogens is 238 g/mol. The third kappa shape index (κ3) is 2.03. The van der Waals surface area contributed by atoms with Crippen molar-refractivity contribution in [2.24, 2.45) is 0 Å². The van der Waals surface area contributed by atoms with E-state index in [-0.39, 0.29) is 5.63 Å². The number of aryl methyl sites for hydroxylation is 2. The number of benzene rings is 1. The molecule has 0 amide bonds. The number of fused-ring (bicyclic) bond motifs is 1. The first-order valence-electron chi connectivity index (χ1n) is 6.12. The second-order valence-electron chi connectivity index (χ2n) is 4.60. The highest BCUT2D eigenvalue weighted by Gasteiger charge is 2.10. The zero-order chi connectivity index (χ0) is 13.4. The van der Waals surface area contributed by atoms with Crippen molar-refractivity contribution in [3.05, 3.63) is 64.1 Å². The summed E-state index contributed by atoms with van der Waals surface area (Å²) in [7, 11) is 0. The zero-order valence-electron chi connectivity index (χ0n) is 10.8. The lowest BCUT2D eigenvalue weighted by Gasteiger charge is -2.05. The van der Waals surface area contributed by atoms with Gasteiger partial charge in [-0.1, -0.05) is 30.3 Å². The lowest BCUT2D eigenvalue weighted by molar-refractivity contribution is 0.534. The van der Waals surface area contributed by atoms with Gasteiger partial charge in [-0.25, -0.2) is 4.79 Å². The number of hydrogen-bond donors (Lipinski definition) is 0. The van der Waals surface area contributed by atoms with Gasteiger partial charge in [0.25, 0.3) is 0 Å². The molecule has 0 atom stereocenters. The number of nitrogens with zero attached hydrogens (tertiary/aromatic N) is 1. The first-order valence-corrected chi connectivity index (χ1v) is 6.12. The van der Waals surface area contributed by atoms with E-state index in [1.54, 1.807) is 0 Å². The van der Waals surface area contributed by atoms with Gasteiger partial charge in [0.05, 0.1) is 10.9 Å². The third-order valence-corrected chi connectivity index (χ3v) is 3.11. The lowest BCUT2D eigenvalue weighted by Crippen LogP contribution is -2.04. The van der Waals surface area contributed by atoms with Crippen LogP contribution in [0.5, 0.6) is 0 Å². The van der Waals surface area contributed by atoms with E-state index >= 15 is 0 Å². The molecule has 0 radical (unpaired) electrons. The molecule has 0 spiro atoms. The molecule has 0 aliphatic heterocycles. The van der Waals surface area contributed by atoms with Gasteiger partial charge >= 0.3 is 5.63 Å². The second-order valence-corrected chi connectivity index (χ2v) is 4.60. The highest BCUT2D eigenvalue weighted by Crippen LogP contribution is 2.22. The summed E-state index contributed by atoms with van der Waals surface area (Å²) in [5.41, 5.74) is 3.03. The molecule has 2 heterocycles. The van der Waals surface area contributed by atoms with Crippen molar-refractivity contribution in [3.63, 3.8) is 0 Å². The second kappa shape index (κ2) is 4.35. The van der Waals surface area contributed by atoms with Crippen molar-refractivity contribution in [2.45, 2.75) is 13.8 Å².